The molecule has 0 aliphatic carbocycles. The Hall–Kier alpha value is -5.57. The van der Waals surface area contributed by atoms with Crippen molar-refractivity contribution in [1.29, 1.82) is 0 Å². The van der Waals surface area contributed by atoms with Crippen molar-refractivity contribution in [1.82, 2.24) is 14.5 Å². The molecule has 0 amide bonds. The third-order valence-corrected chi connectivity index (χ3v) is 10.7. The Morgan fingerprint density at radius 3 is 2.02 bits per heavy atom. The fraction of sp³-hybridized carbons (Fsp3) is 0.208. The van der Waals surface area contributed by atoms with E-state index in [1.807, 2.05) is 37.3 Å². The van der Waals surface area contributed by atoms with E-state index in [1.54, 1.807) is 19.2 Å². The first-order valence-corrected chi connectivity index (χ1v) is 19.5. The minimum atomic E-state index is -0.266. The fourth-order valence-electron chi connectivity index (χ4n) is 7.36. The maximum atomic E-state index is 11.9. The van der Waals surface area contributed by atoms with Crippen LogP contribution in [0.2, 0.25) is 0 Å². The molecule has 2 aromatic heterocycles. The summed E-state index contributed by atoms with van der Waals surface area (Å²) in [6.45, 7) is 18.7. The number of rotatable bonds is 6. The maximum Gasteiger partial charge on any atom is 0.148 e. The monoisotopic (exact) mass is 943 g/mol. The Morgan fingerprint density at radius 1 is 0.621 bits per heavy atom. The molecular weight excluding hydrogens is 890 g/mol. The van der Waals surface area contributed by atoms with Gasteiger partial charge in [0.1, 0.15) is 11.6 Å². The molecule has 0 spiro atoms. The number of benzene rings is 6. The third kappa shape index (κ3) is 7.83. The largest absolute Gasteiger partial charge is 0.507 e. The van der Waals surface area contributed by atoms with E-state index in [9.17, 15) is 5.11 Å². The summed E-state index contributed by atoms with van der Waals surface area (Å²) in [4.78, 5) is 10.3. The molecule has 0 fully saturated rings. The van der Waals surface area contributed by atoms with Crippen LogP contribution in [0.5, 0.6) is 5.75 Å². The molecule has 5 heteroatoms. The van der Waals surface area contributed by atoms with Gasteiger partial charge in [0.15, 0.2) is 0 Å². The Bertz CT molecular complexity index is 3000. The van der Waals surface area contributed by atoms with Crippen LogP contribution in [0.1, 0.15) is 74.8 Å². The van der Waals surface area contributed by atoms with Gasteiger partial charge in [-0.25, -0.2) is 4.98 Å². The molecule has 2 heterocycles. The first-order chi connectivity index (χ1) is 28.8. The number of fused-ring (bicyclic) bond motifs is 1. The van der Waals surface area contributed by atoms with E-state index in [2.05, 4.69) is 126 Å². The van der Waals surface area contributed by atoms with Gasteiger partial charge in [-0.2, -0.15) is 0 Å². The summed E-state index contributed by atoms with van der Waals surface area (Å²) in [6, 6.07) is 38.4. The number of para-hydroxylation sites is 1. The third-order valence-electron chi connectivity index (χ3n) is 10.7. The van der Waals surface area contributed by atoms with Crippen LogP contribution in [-0.4, -0.2) is 19.6 Å². The van der Waals surface area contributed by atoms with E-state index in [1.165, 1.54) is 0 Å². The first kappa shape index (κ1) is 35.6. The van der Waals surface area contributed by atoms with Gasteiger partial charge in [-0.3, -0.25) is 9.55 Å². The number of phenols is 1. The summed E-state index contributed by atoms with van der Waals surface area (Å²) in [7, 11) is 0. The van der Waals surface area contributed by atoms with Crippen molar-refractivity contribution in [3.8, 4) is 67.5 Å². The number of aromatic nitrogens is 3. The number of hydrogen-bond acceptors (Lipinski definition) is 3. The van der Waals surface area contributed by atoms with Gasteiger partial charge < -0.3 is 5.11 Å². The van der Waals surface area contributed by atoms with Crippen molar-refractivity contribution in [2.24, 2.45) is 0 Å². The van der Waals surface area contributed by atoms with Crippen molar-refractivity contribution >= 4 is 11.0 Å². The summed E-state index contributed by atoms with van der Waals surface area (Å²) < 4.78 is 36.7. The average molecular weight is 944 g/mol. The van der Waals surface area contributed by atoms with Crippen LogP contribution < -0.4 is 0 Å². The van der Waals surface area contributed by atoms with E-state index in [-0.39, 0.29) is 67.4 Å². The number of pyridine rings is 1. The van der Waals surface area contributed by atoms with Crippen molar-refractivity contribution in [3.05, 3.63) is 167 Å². The summed E-state index contributed by atoms with van der Waals surface area (Å²) in [6.07, 6.45) is 1.65. The van der Waals surface area contributed by atoms with Crippen molar-refractivity contribution in [3.63, 3.8) is 0 Å². The molecule has 8 aromatic rings. The number of aromatic hydroxyl groups is 1. The minimum absolute atomic E-state index is 0. The normalized spacial score (nSPS) is 12.8. The Kier molecular flexibility index (Phi) is 9.60. The van der Waals surface area contributed by atoms with Crippen LogP contribution in [0.3, 0.4) is 0 Å². The standard InChI is InChI=1S/C53H50N3O.Pt/c1-33-18-21-36(22-19-33)38-24-25-54-46(31-38)40-28-39(29-42(30-40)53(7,8)9)43-16-13-17-48-49(43)55-51(45-32-41(52(4,5)6)27-35(3)50(45)57)56(48)47-23-20-34(2)26-44(47)37-14-11-10-12-15-37;/h10-27,29-32,57H,1-9H3;/q-1;/i18D,19D,21D,22D;. The summed E-state index contributed by atoms with van der Waals surface area (Å²) >= 11 is 0. The van der Waals surface area contributed by atoms with Crippen molar-refractivity contribution in [2.75, 3.05) is 0 Å². The summed E-state index contributed by atoms with van der Waals surface area (Å²) in [5.41, 5.74) is 13.0. The molecule has 0 atom stereocenters. The molecule has 0 radical (unpaired) electrons. The number of hydrogen-bond donors (Lipinski definition) is 1. The molecule has 0 saturated carbocycles. The van der Waals surface area contributed by atoms with Gasteiger partial charge in [0.05, 0.1) is 27.8 Å². The zero-order chi connectivity index (χ0) is 43.7. The van der Waals surface area contributed by atoms with E-state index >= 15 is 0 Å². The van der Waals surface area contributed by atoms with Crippen LogP contribution in [0.15, 0.2) is 133 Å². The molecule has 0 unspecified atom stereocenters. The fourth-order valence-corrected chi connectivity index (χ4v) is 7.36. The van der Waals surface area contributed by atoms with Crippen LogP contribution >= 0.6 is 0 Å². The van der Waals surface area contributed by atoms with Gasteiger partial charge in [-0.15, -0.1) is 29.3 Å². The second kappa shape index (κ2) is 15.6. The van der Waals surface area contributed by atoms with Gasteiger partial charge in [0, 0.05) is 38.5 Å². The van der Waals surface area contributed by atoms with Crippen LogP contribution in [0.4, 0.5) is 0 Å². The molecular formula is C53H50N3OPt-. The second-order valence-corrected chi connectivity index (χ2v) is 17.1. The number of imidazole rings is 1. The summed E-state index contributed by atoms with van der Waals surface area (Å²) in [5, 5.41) is 11.9. The van der Waals surface area contributed by atoms with Gasteiger partial charge in [-0.05, 0) is 89.8 Å². The average Bonchev–Trinajstić information content (AvgIpc) is 3.62. The number of phenolic OH excluding ortho intramolecular Hbond substituents is 1. The number of nitrogens with zero attached hydrogens (tertiary/aromatic N) is 3. The molecule has 0 aliphatic rings. The maximum absolute atomic E-state index is 11.9. The molecule has 4 nitrogen and oxygen atoms in total. The topological polar surface area (TPSA) is 50.9 Å². The van der Waals surface area contributed by atoms with E-state index < -0.39 is 0 Å². The van der Waals surface area contributed by atoms with Crippen LogP contribution in [0, 0.1) is 26.8 Å². The Morgan fingerprint density at radius 2 is 1.31 bits per heavy atom. The van der Waals surface area contributed by atoms with Gasteiger partial charge in [-0.1, -0.05) is 149 Å². The molecule has 8 rings (SSSR count). The SMILES string of the molecule is [2H]c1c([2H])c(-c2ccnc(-c3[c-]c(-c4cccc5c4nc(-c4cc(C(C)(C)C)cc(C)c4O)n5-c4ccc(C)cc4-c4ccccc4)cc(C(C)(C)C)c3)c2)c([2H])c([2H])c1C.[Pt]. The summed E-state index contributed by atoms with van der Waals surface area (Å²) in [5.74, 6) is 0.805. The Balaban J connectivity index is 0.00000578. The molecule has 58 heavy (non-hydrogen) atoms. The number of aryl methyl sites for hydroxylation is 2. The zero-order valence-electron chi connectivity index (χ0n) is 38.5. The Labute approximate surface area is 363 Å². The predicted molar refractivity (Wildman–Crippen MR) is 238 cm³/mol. The zero-order valence-corrected chi connectivity index (χ0v) is 36.8. The molecule has 0 aliphatic heterocycles. The van der Waals surface area contributed by atoms with E-state index in [4.69, 9.17) is 15.5 Å². The van der Waals surface area contributed by atoms with Gasteiger partial charge in [0.2, 0.25) is 0 Å². The molecule has 6 aromatic carbocycles. The van der Waals surface area contributed by atoms with Gasteiger partial charge >= 0.3 is 0 Å². The molecule has 1 N–H and O–H groups in total. The smallest absolute Gasteiger partial charge is 0.148 e. The minimum Gasteiger partial charge on any atom is -0.507 e. The quantitative estimate of drug-likeness (QED) is 0.169. The molecule has 294 valence electrons. The van der Waals surface area contributed by atoms with E-state index in [0.717, 1.165) is 66.8 Å². The van der Waals surface area contributed by atoms with E-state index in [0.29, 0.717) is 28.2 Å². The predicted octanol–water partition coefficient (Wildman–Crippen LogP) is 13.8. The van der Waals surface area contributed by atoms with Gasteiger partial charge in [0.25, 0.3) is 0 Å². The molecule has 0 bridgehead atoms. The first-order valence-electron chi connectivity index (χ1n) is 21.5. The van der Waals surface area contributed by atoms with Crippen molar-refractivity contribution in [2.45, 2.75) is 73.1 Å². The van der Waals surface area contributed by atoms with Crippen LogP contribution in [0.25, 0.3) is 72.7 Å². The van der Waals surface area contributed by atoms with Crippen LogP contribution in [-0.2, 0) is 31.9 Å². The van der Waals surface area contributed by atoms with Crippen molar-refractivity contribution < 1.29 is 31.7 Å². The second-order valence-electron chi connectivity index (χ2n) is 17.1. The molecule has 0 saturated heterocycles.